The first-order valence-corrected chi connectivity index (χ1v) is 20.6. The number of fused-ring (bicyclic) bond motifs is 6. The summed E-state index contributed by atoms with van der Waals surface area (Å²) in [6.07, 6.45) is 12.0. The van der Waals surface area contributed by atoms with Gasteiger partial charge in [0.25, 0.3) is 0 Å². The van der Waals surface area contributed by atoms with E-state index in [1.165, 1.54) is 54.2 Å². The van der Waals surface area contributed by atoms with Gasteiger partial charge in [-0.25, -0.2) is 0 Å². The quantitative estimate of drug-likeness (QED) is 0.0799. The van der Waals surface area contributed by atoms with Crippen molar-refractivity contribution in [2.75, 3.05) is 0 Å². The summed E-state index contributed by atoms with van der Waals surface area (Å²) in [7, 11) is 0. The maximum absolute atomic E-state index is 12.2. The molecule has 0 unspecified atom stereocenters. The van der Waals surface area contributed by atoms with Gasteiger partial charge in [0.1, 0.15) is 5.76 Å². The van der Waals surface area contributed by atoms with E-state index in [-0.39, 0.29) is 42.5 Å². The summed E-state index contributed by atoms with van der Waals surface area (Å²) >= 11 is 1.85. The van der Waals surface area contributed by atoms with Crippen LogP contribution in [0.5, 0.6) is 0 Å². The Kier molecular flexibility index (Phi) is 13.7. The third kappa shape index (κ3) is 8.73. The molecular formula is C49H55IrN2O2S-. The maximum atomic E-state index is 12.2. The van der Waals surface area contributed by atoms with E-state index in [1.54, 1.807) is 0 Å². The zero-order valence-corrected chi connectivity index (χ0v) is 36.9. The SMILES string of the molecule is CC(C)Cc1cnc2c(c1)CCc1c-2sc2c(-c3[c-]c4ccccc4c(-c4ccccc4)c3)nccc12.CCC(C)(CC)C(=O)/C=C(\O)C(C)(CC)CC.[Ir]. The molecule has 289 valence electrons. The summed E-state index contributed by atoms with van der Waals surface area (Å²) in [5, 5.41) is 13.8. The number of pyridine rings is 2. The number of aliphatic hydroxyl groups is 1. The number of carbonyl (C=O) groups excluding carboxylic acids is 1. The molecule has 4 nitrogen and oxygen atoms in total. The summed E-state index contributed by atoms with van der Waals surface area (Å²) in [5.74, 6) is 0.921. The van der Waals surface area contributed by atoms with E-state index in [9.17, 15) is 9.90 Å². The van der Waals surface area contributed by atoms with Gasteiger partial charge in [0.05, 0.1) is 10.6 Å². The van der Waals surface area contributed by atoms with Gasteiger partial charge in [0.15, 0.2) is 5.78 Å². The molecule has 1 N–H and O–H groups in total. The number of nitrogens with zero attached hydrogens (tertiary/aromatic N) is 2. The first-order valence-electron chi connectivity index (χ1n) is 19.8. The Hall–Kier alpha value is -3.96. The molecular weight excluding hydrogens is 873 g/mol. The van der Waals surface area contributed by atoms with E-state index < -0.39 is 0 Å². The largest absolute Gasteiger partial charge is 0.512 e. The third-order valence-electron chi connectivity index (χ3n) is 12.0. The summed E-state index contributed by atoms with van der Waals surface area (Å²) < 4.78 is 1.24. The Balaban J connectivity index is 0.000000276. The van der Waals surface area contributed by atoms with Crippen LogP contribution in [0.1, 0.15) is 97.8 Å². The van der Waals surface area contributed by atoms with Crippen LogP contribution in [0.2, 0.25) is 0 Å². The van der Waals surface area contributed by atoms with E-state index in [4.69, 9.17) is 9.97 Å². The number of aryl methyl sites for hydroxylation is 2. The number of aromatic nitrogens is 2. The molecule has 3 heterocycles. The van der Waals surface area contributed by atoms with Crippen molar-refractivity contribution >= 4 is 38.0 Å². The normalized spacial score (nSPS) is 12.9. The first-order chi connectivity index (χ1) is 25.9. The van der Waals surface area contributed by atoms with Crippen LogP contribution in [0.3, 0.4) is 0 Å². The van der Waals surface area contributed by atoms with E-state index in [0.717, 1.165) is 67.3 Å². The number of aliphatic hydroxyl groups excluding tert-OH is 1. The number of ketones is 1. The fourth-order valence-electron chi connectivity index (χ4n) is 7.40. The van der Waals surface area contributed by atoms with Crippen LogP contribution in [0.4, 0.5) is 0 Å². The van der Waals surface area contributed by atoms with Gasteiger partial charge in [0.2, 0.25) is 0 Å². The Morgan fingerprint density at radius 1 is 0.855 bits per heavy atom. The Morgan fingerprint density at radius 3 is 2.20 bits per heavy atom. The van der Waals surface area contributed by atoms with Crippen LogP contribution < -0.4 is 0 Å². The van der Waals surface area contributed by atoms with Crippen LogP contribution in [0.25, 0.3) is 53.8 Å². The number of carbonyl (C=O) groups is 1. The van der Waals surface area contributed by atoms with Gasteiger partial charge in [-0.3, -0.25) is 14.8 Å². The van der Waals surface area contributed by atoms with Crippen molar-refractivity contribution in [3.63, 3.8) is 0 Å². The second kappa shape index (κ2) is 17.9. The molecule has 55 heavy (non-hydrogen) atoms. The molecule has 0 fully saturated rings. The summed E-state index contributed by atoms with van der Waals surface area (Å²) in [5.41, 5.74) is 9.19. The van der Waals surface area contributed by atoms with Crippen LogP contribution >= 0.6 is 11.3 Å². The molecule has 6 heteroatoms. The minimum atomic E-state index is -0.337. The number of thiophene rings is 1. The molecule has 1 aliphatic rings. The third-order valence-corrected chi connectivity index (χ3v) is 13.2. The predicted octanol–water partition coefficient (Wildman–Crippen LogP) is 13.6. The molecule has 0 spiro atoms. The standard InChI is InChI=1S/C34H27N2S.C15H28O2.Ir/c1-21(2)16-22-17-25-12-13-28-29-14-15-35-32(34(29)37-33(28)31(25)36-20-22)26-18-24-10-6-7-11-27(24)30(19-26)23-8-4-3-5-9-23;1-7-14(5,8-2)12(16)11-13(17)15(6,9-3)10-4;/h3-11,14-15,17,19-21H,12-13,16H2,1-2H3;11,16H,7-10H2,1-6H3;/q-1;;/b;12-11-;. The maximum Gasteiger partial charge on any atom is 0.164 e. The monoisotopic (exact) mass is 928 g/mol. The van der Waals surface area contributed by atoms with Crippen molar-refractivity contribution in [2.45, 2.75) is 100 Å². The van der Waals surface area contributed by atoms with E-state index in [0.29, 0.717) is 5.92 Å². The van der Waals surface area contributed by atoms with Crippen LogP contribution in [0.15, 0.2) is 97.0 Å². The van der Waals surface area contributed by atoms with Gasteiger partial charge in [0, 0.05) is 59.8 Å². The summed E-state index contributed by atoms with van der Waals surface area (Å²) in [4.78, 5) is 23.4. The van der Waals surface area contributed by atoms with Crippen LogP contribution in [-0.2, 0) is 44.2 Å². The Morgan fingerprint density at radius 2 is 1.53 bits per heavy atom. The molecule has 0 saturated carbocycles. The molecule has 1 radical (unpaired) electrons. The smallest absolute Gasteiger partial charge is 0.164 e. The number of rotatable bonds is 11. The minimum Gasteiger partial charge on any atom is -0.512 e. The second-order valence-electron chi connectivity index (χ2n) is 15.8. The minimum absolute atomic E-state index is 0. The summed E-state index contributed by atoms with van der Waals surface area (Å²) in [6, 6.07) is 29.7. The van der Waals surface area contributed by atoms with Gasteiger partial charge in [-0.2, -0.15) is 0 Å². The molecule has 3 aromatic carbocycles. The van der Waals surface area contributed by atoms with Crippen LogP contribution in [0, 0.1) is 22.8 Å². The van der Waals surface area contributed by atoms with Crippen molar-refractivity contribution in [1.82, 2.24) is 9.97 Å². The molecule has 0 amide bonds. The first kappa shape index (κ1) is 42.2. The topological polar surface area (TPSA) is 63.1 Å². The van der Waals surface area contributed by atoms with Gasteiger partial charge in [-0.1, -0.05) is 127 Å². The van der Waals surface area contributed by atoms with E-state index in [1.807, 2.05) is 59.1 Å². The van der Waals surface area contributed by atoms with Crippen LogP contribution in [-0.4, -0.2) is 20.9 Å². The summed E-state index contributed by atoms with van der Waals surface area (Å²) in [6.45, 7) is 16.6. The van der Waals surface area contributed by atoms with Crippen molar-refractivity contribution in [1.29, 1.82) is 0 Å². The molecule has 6 aromatic rings. The predicted molar refractivity (Wildman–Crippen MR) is 229 cm³/mol. The van der Waals surface area contributed by atoms with Crippen molar-refractivity contribution in [2.24, 2.45) is 16.7 Å². The molecule has 0 atom stereocenters. The number of hydrogen-bond donors (Lipinski definition) is 1. The zero-order chi connectivity index (χ0) is 38.6. The van der Waals surface area contributed by atoms with Crippen molar-refractivity contribution in [3.8, 4) is 33.0 Å². The van der Waals surface area contributed by atoms with Crippen molar-refractivity contribution in [3.05, 3.63) is 120 Å². The molecule has 0 bridgehead atoms. The number of hydrogen-bond acceptors (Lipinski definition) is 5. The fraction of sp³-hybridized carbons (Fsp3) is 0.367. The van der Waals surface area contributed by atoms with Gasteiger partial charge in [-0.05, 0) is 84.6 Å². The van der Waals surface area contributed by atoms with E-state index in [2.05, 4.69) is 98.9 Å². The van der Waals surface area contributed by atoms with Gasteiger partial charge >= 0.3 is 0 Å². The van der Waals surface area contributed by atoms with Gasteiger partial charge in [-0.15, -0.1) is 34.9 Å². The molecule has 3 aromatic heterocycles. The molecule has 1 aliphatic carbocycles. The van der Waals surface area contributed by atoms with Gasteiger partial charge < -0.3 is 5.11 Å². The van der Waals surface area contributed by atoms with Crippen molar-refractivity contribution < 1.29 is 30.0 Å². The molecule has 0 saturated heterocycles. The van der Waals surface area contributed by atoms with E-state index >= 15 is 0 Å². The number of benzene rings is 3. The fourth-order valence-corrected chi connectivity index (χ4v) is 8.78. The molecule has 7 rings (SSSR count). The Bertz CT molecular complexity index is 2300. The second-order valence-corrected chi connectivity index (χ2v) is 16.9. The number of allylic oxidation sites excluding steroid dienone is 2. The average molecular weight is 928 g/mol. The average Bonchev–Trinajstić information content (AvgIpc) is 3.59. The molecule has 0 aliphatic heterocycles. The zero-order valence-electron chi connectivity index (χ0n) is 33.7. The Labute approximate surface area is 345 Å².